The Bertz CT molecular complexity index is 464. The molecule has 17 heavy (non-hydrogen) atoms. The molecule has 2 heterocycles. The van der Waals surface area contributed by atoms with E-state index in [9.17, 15) is 0 Å². The molecule has 0 radical (unpaired) electrons. The maximum atomic E-state index is 4.36. The summed E-state index contributed by atoms with van der Waals surface area (Å²) in [5.74, 6) is 0. The maximum absolute atomic E-state index is 4.36. The molecular formula is C12H16BrN3S. The van der Waals surface area contributed by atoms with Crippen molar-refractivity contribution in [2.24, 2.45) is 0 Å². The summed E-state index contributed by atoms with van der Waals surface area (Å²) >= 11 is 5.32. The van der Waals surface area contributed by atoms with E-state index in [-0.39, 0.29) is 0 Å². The summed E-state index contributed by atoms with van der Waals surface area (Å²) in [4.78, 5) is 0. The summed E-state index contributed by atoms with van der Waals surface area (Å²) < 4.78 is 3.12. The molecule has 1 atom stereocenters. The van der Waals surface area contributed by atoms with Crippen LogP contribution in [0.2, 0.25) is 0 Å². The van der Waals surface area contributed by atoms with Crippen LogP contribution in [0, 0.1) is 0 Å². The average molecular weight is 314 g/mol. The highest BCUT2D eigenvalue weighted by Crippen LogP contribution is 2.26. The first-order chi connectivity index (χ1) is 8.26. The molecule has 92 valence electrons. The number of aromatic nitrogens is 2. The van der Waals surface area contributed by atoms with Crippen molar-refractivity contribution < 1.29 is 0 Å². The number of nitrogens with one attached hydrogen (secondary N) is 1. The highest BCUT2D eigenvalue weighted by Gasteiger charge is 2.18. The zero-order valence-corrected chi connectivity index (χ0v) is 12.4. The third kappa shape index (κ3) is 2.78. The van der Waals surface area contributed by atoms with Gasteiger partial charge in [-0.1, -0.05) is 0 Å². The largest absolute Gasteiger partial charge is 0.311 e. The molecule has 0 saturated carbocycles. The number of nitrogens with zero attached hydrogens (tertiary/aromatic N) is 2. The lowest BCUT2D eigenvalue weighted by atomic mass is 10.1. The zero-order valence-electron chi connectivity index (χ0n) is 9.98. The Balaban J connectivity index is 2.25. The topological polar surface area (TPSA) is 29.9 Å². The summed E-state index contributed by atoms with van der Waals surface area (Å²) in [6.45, 7) is 3.00. The molecule has 1 N–H and O–H groups in total. The van der Waals surface area contributed by atoms with Crippen molar-refractivity contribution in [1.29, 1.82) is 0 Å². The van der Waals surface area contributed by atoms with Gasteiger partial charge < -0.3 is 5.32 Å². The Labute approximate surface area is 114 Å². The first-order valence-electron chi connectivity index (χ1n) is 5.65. The van der Waals surface area contributed by atoms with Crippen LogP contribution in [0.3, 0.4) is 0 Å². The molecule has 0 aliphatic carbocycles. The fourth-order valence-electron chi connectivity index (χ4n) is 1.95. The first kappa shape index (κ1) is 12.8. The molecule has 5 heteroatoms. The lowest BCUT2D eigenvalue weighted by Gasteiger charge is -2.17. The van der Waals surface area contributed by atoms with Crippen molar-refractivity contribution in [2.45, 2.75) is 25.9 Å². The van der Waals surface area contributed by atoms with Crippen molar-refractivity contribution >= 4 is 27.3 Å². The van der Waals surface area contributed by atoms with Gasteiger partial charge >= 0.3 is 0 Å². The van der Waals surface area contributed by atoms with Gasteiger partial charge in [0, 0.05) is 6.54 Å². The van der Waals surface area contributed by atoms with Crippen LogP contribution in [0.1, 0.15) is 24.2 Å². The van der Waals surface area contributed by atoms with Crippen LogP contribution in [0.15, 0.2) is 27.5 Å². The maximum Gasteiger partial charge on any atom is 0.0698 e. The van der Waals surface area contributed by atoms with E-state index >= 15 is 0 Å². The molecule has 0 bridgehead atoms. The average Bonchev–Trinajstić information content (AvgIpc) is 2.95. The standard InChI is InChI=1S/C12H16BrN3S/c1-3-16-12(10(13)7-15-16)11(14-2)6-9-4-5-17-8-9/h4-5,7-8,11,14H,3,6H2,1-2H3. The molecular weight excluding hydrogens is 298 g/mol. The van der Waals surface area contributed by atoms with Crippen LogP contribution in [-0.4, -0.2) is 16.8 Å². The van der Waals surface area contributed by atoms with Gasteiger partial charge in [0.2, 0.25) is 0 Å². The molecule has 0 saturated heterocycles. The minimum absolute atomic E-state index is 0.293. The van der Waals surface area contributed by atoms with E-state index in [0.717, 1.165) is 17.4 Å². The van der Waals surface area contributed by atoms with Gasteiger partial charge in [-0.25, -0.2) is 0 Å². The van der Waals surface area contributed by atoms with Crippen LogP contribution >= 0.6 is 27.3 Å². The molecule has 2 aromatic heterocycles. The summed E-state index contributed by atoms with van der Waals surface area (Å²) in [7, 11) is 2.00. The summed E-state index contributed by atoms with van der Waals surface area (Å²) in [6.07, 6.45) is 2.86. The Hall–Kier alpha value is -0.650. The van der Waals surface area contributed by atoms with Crippen LogP contribution in [0.5, 0.6) is 0 Å². The second kappa shape index (κ2) is 5.80. The smallest absolute Gasteiger partial charge is 0.0698 e. The minimum atomic E-state index is 0.293. The fraction of sp³-hybridized carbons (Fsp3) is 0.417. The Morgan fingerprint density at radius 1 is 1.59 bits per heavy atom. The van der Waals surface area contributed by atoms with Gasteiger partial charge in [-0.15, -0.1) is 0 Å². The second-order valence-electron chi connectivity index (χ2n) is 3.87. The Morgan fingerprint density at radius 2 is 2.41 bits per heavy atom. The highest BCUT2D eigenvalue weighted by molar-refractivity contribution is 9.10. The van der Waals surface area contributed by atoms with Gasteiger partial charge in [-0.2, -0.15) is 16.4 Å². The number of aryl methyl sites for hydroxylation is 1. The molecule has 0 amide bonds. The van der Waals surface area contributed by atoms with Crippen molar-refractivity contribution in [1.82, 2.24) is 15.1 Å². The van der Waals surface area contributed by atoms with Gasteiger partial charge in [-0.3, -0.25) is 4.68 Å². The number of rotatable bonds is 5. The fourth-order valence-corrected chi connectivity index (χ4v) is 3.20. The van der Waals surface area contributed by atoms with Crippen LogP contribution in [-0.2, 0) is 13.0 Å². The van der Waals surface area contributed by atoms with E-state index in [4.69, 9.17) is 0 Å². The van der Waals surface area contributed by atoms with Gasteiger partial charge in [0.15, 0.2) is 0 Å². The highest BCUT2D eigenvalue weighted by atomic mass is 79.9. The van der Waals surface area contributed by atoms with Crippen LogP contribution in [0.4, 0.5) is 0 Å². The molecule has 1 unspecified atom stereocenters. The SMILES string of the molecule is CCn1ncc(Br)c1C(Cc1ccsc1)NC. The van der Waals surface area contributed by atoms with Gasteiger partial charge in [0.25, 0.3) is 0 Å². The summed E-state index contributed by atoms with van der Waals surface area (Å²) in [5, 5.41) is 12.1. The zero-order chi connectivity index (χ0) is 12.3. The van der Waals surface area contributed by atoms with E-state index in [1.54, 1.807) is 11.3 Å². The van der Waals surface area contributed by atoms with E-state index in [2.05, 4.69) is 50.1 Å². The van der Waals surface area contributed by atoms with Crippen molar-refractivity contribution in [3.63, 3.8) is 0 Å². The monoisotopic (exact) mass is 313 g/mol. The van der Waals surface area contributed by atoms with Crippen LogP contribution < -0.4 is 5.32 Å². The molecule has 0 fully saturated rings. The molecule has 0 aliphatic rings. The lowest BCUT2D eigenvalue weighted by molar-refractivity contribution is 0.512. The predicted octanol–water partition coefficient (Wildman–Crippen LogP) is 3.23. The second-order valence-corrected chi connectivity index (χ2v) is 5.50. The number of thiophene rings is 1. The number of halogens is 1. The molecule has 0 aromatic carbocycles. The van der Waals surface area contributed by atoms with Crippen molar-refractivity contribution in [2.75, 3.05) is 7.05 Å². The van der Waals surface area contributed by atoms with Crippen molar-refractivity contribution in [3.05, 3.63) is 38.8 Å². The first-order valence-corrected chi connectivity index (χ1v) is 7.39. The molecule has 0 aliphatic heterocycles. The Morgan fingerprint density at radius 3 is 3.00 bits per heavy atom. The van der Waals surface area contributed by atoms with E-state index in [1.807, 2.05) is 17.9 Å². The molecule has 0 spiro atoms. The summed E-state index contributed by atoms with van der Waals surface area (Å²) in [6, 6.07) is 2.47. The number of hydrogen-bond donors (Lipinski definition) is 1. The number of likely N-dealkylation sites (N-methyl/N-ethyl adjacent to an activating group) is 1. The third-order valence-electron chi connectivity index (χ3n) is 2.83. The third-order valence-corrected chi connectivity index (χ3v) is 4.17. The van der Waals surface area contributed by atoms with Crippen LogP contribution in [0.25, 0.3) is 0 Å². The predicted molar refractivity (Wildman–Crippen MR) is 75.4 cm³/mol. The van der Waals surface area contributed by atoms with E-state index in [1.165, 1.54) is 11.3 Å². The molecule has 2 aromatic rings. The van der Waals surface area contributed by atoms with Gasteiger partial charge in [0.05, 0.1) is 22.4 Å². The summed E-state index contributed by atoms with van der Waals surface area (Å²) in [5.41, 5.74) is 2.59. The van der Waals surface area contributed by atoms with Gasteiger partial charge in [-0.05, 0) is 58.7 Å². The van der Waals surface area contributed by atoms with E-state index in [0.29, 0.717) is 6.04 Å². The minimum Gasteiger partial charge on any atom is -0.311 e. The quantitative estimate of drug-likeness (QED) is 0.918. The normalized spacial score (nSPS) is 12.9. The van der Waals surface area contributed by atoms with Crippen molar-refractivity contribution in [3.8, 4) is 0 Å². The molecule has 3 nitrogen and oxygen atoms in total. The molecule has 2 rings (SSSR count). The van der Waals surface area contributed by atoms with Gasteiger partial charge in [0.1, 0.15) is 0 Å². The Kier molecular flexibility index (Phi) is 4.36. The number of hydrogen-bond acceptors (Lipinski definition) is 3. The van der Waals surface area contributed by atoms with E-state index < -0.39 is 0 Å². The lowest BCUT2D eigenvalue weighted by Crippen LogP contribution is -2.22.